The first-order chi connectivity index (χ1) is 16.9. The van der Waals surface area contributed by atoms with Crippen molar-refractivity contribution in [2.75, 3.05) is 19.6 Å². The number of nitrogens with zero attached hydrogens (tertiary/aromatic N) is 1. The molecule has 2 saturated heterocycles. The Kier molecular flexibility index (Phi) is 7.47. The van der Waals surface area contributed by atoms with Gasteiger partial charge in [-0.25, -0.2) is 21.6 Å². The van der Waals surface area contributed by atoms with Crippen molar-refractivity contribution < 1.29 is 34.8 Å². The van der Waals surface area contributed by atoms with E-state index in [1.54, 1.807) is 11.0 Å². The number of nitrogens with one attached hydrogen (secondary N) is 2. The number of benzene rings is 2. The Morgan fingerprint density at radius 2 is 1.61 bits per heavy atom. The maximum absolute atomic E-state index is 13.9. The lowest BCUT2D eigenvalue weighted by molar-refractivity contribution is -0.140. The van der Waals surface area contributed by atoms with Crippen LogP contribution in [-0.2, 0) is 30.8 Å². The van der Waals surface area contributed by atoms with E-state index in [-0.39, 0.29) is 42.8 Å². The predicted octanol–water partition coefficient (Wildman–Crippen LogP) is 2.56. The van der Waals surface area contributed by atoms with E-state index >= 15 is 0 Å². The van der Waals surface area contributed by atoms with E-state index in [2.05, 4.69) is 10.0 Å². The van der Waals surface area contributed by atoms with Gasteiger partial charge in [-0.05, 0) is 62.6 Å². The molecule has 0 radical (unpaired) electrons. The minimum atomic E-state index is -5.11. The number of carbonyl (C=O) groups excluding carboxylic acids is 1. The van der Waals surface area contributed by atoms with Crippen LogP contribution in [0.3, 0.4) is 0 Å². The molecule has 0 aromatic heterocycles. The number of rotatable bonds is 6. The number of hydrogen-bond donors (Lipinski definition) is 2. The van der Waals surface area contributed by atoms with Crippen molar-refractivity contribution in [1.29, 1.82) is 0 Å². The summed E-state index contributed by atoms with van der Waals surface area (Å²) in [5.41, 5.74) is -1.56. The number of likely N-dealkylation sites (tertiary alicyclic amines) is 1. The van der Waals surface area contributed by atoms with Gasteiger partial charge in [0.1, 0.15) is 0 Å². The first-order valence-electron chi connectivity index (χ1n) is 11.5. The van der Waals surface area contributed by atoms with Crippen molar-refractivity contribution in [3.8, 4) is 0 Å². The van der Waals surface area contributed by atoms with Crippen molar-refractivity contribution in [2.24, 2.45) is 0 Å². The standard InChI is InChI=1S/C23H26F3N3O5S2/c24-23(25,26)19-15-18(35(31,32)17-5-2-1-3-6-17)8-9-21(19)36(33,34)28-16-10-13-29(14-11-16)22(30)20-7-4-12-27-20/h1-3,5-6,8-9,15-16,20,27-28H,4,7,10-14H2/t20-/m0/s1. The van der Waals surface area contributed by atoms with Crippen molar-refractivity contribution in [3.63, 3.8) is 0 Å². The maximum Gasteiger partial charge on any atom is 0.417 e. The average molecular weight is 546 g/mol. The molecule has 4 rings (SSSR count). The molecule has 2 aliphatic heterocycles. The summed E-state index contributed by atoms with van der Waals surface area (Å²) in [4.78, 5) is 12.3. The van der Waals surface area contributed by atoms with Gasteiger partial charge in [0.15, 0.2) is 0 Å². The van der Waals surface area contributed by atoms with Crippen molar-refractivity contribution >= 4 is 25.8 Å². The second-order valence-electron chi connectivity index (χ2n) is 8.84. The summed E-state index contributed by atoms with van der Waals surface area (Å²) in [5, 5.41) is 3.12. The zero-order valence-corrected chi connectivity index (χ0v) is 20.8. The van der Waals surface area contributed by atoms with E-state index in [9.17, 15) is 34.8 Å². The van der Waals surface area contributed by atoms with Crippen LogP contribution < -0.4 is 10.0 Å². The lowest BCUT2D eigenvalue weighted by atomic mass is 10.0. The third-order valence-corrected chi connectivity index (χ3v) is 9.74. The van der Waals surface area contributed by atoms with Crippen LogP contribution in [0.5, 0.6) is 0 Å². The van der Waals surface area contributed by atoms with Crippen molar-refractivity contribution in [1.82, 2.24) is 14.9 Å². The molecule has 0 bridgehead atoms. The van der Waals surface area contributed by atoms with E-state index in [4.69, 9.17) is 0 Å². The lowest BCUT2D eigenvalue weighted by Crippen LogP contribution is -2.50. The summed E-state index contributed by atoms with van der Waals surface area (Å²) in [6.07, 6.45) is -2.98. The quantitative estimate of drug-likeness (QED) is 0.577. The molecule has 13 heteroatoms. The molecule has 8 nitrogen and oxygen atoms in total. The van der Waals surface area contributed by atoms with Gasteiger partial charge in [0.05, 0.1) is 26.3 Å². The molecule has 2 aliphatic rings. The minimum absolute atomic E-state index is 0.0524. The Morgan fingerprint density at radius 3 is 2.19 bits per heavy atom. The van der Waals surface area contributed by atoms with E-state index < -0.39 is 47.4 Å². The molecule has 2 aromatic carbocycles. The molecule has 0 aliphatic carbocycles. The molecule has 1 atom stereocenters. The fourth-order valence-corrected chi connectivity index (χ4v) is 7.30. The van der Waals surface area contributed by atoms with Crippen LogP contribution in [0.25, 0.3) is 0 Å². The number of carbonyl (C=O) groups is 1. The van der Waals surface area contributed by atoms with Crippen LogP contribution in [0, 0.1) is 0 Å². The van der Waals surface area contributed by atoms with Gasteiger partial charge in [0, 0.05) is 19.1 Å². The van der Waals surface area contributed by atoms with Crippen LogP contribution >= 0.6 is 0 Å². The summed E-state index contributed by atoms with van der Waals surface area (Å²) in [7, 11) is -8.93. The van der Waals surface area contributed by atoms with Crippen LogP contribution in [0.4, 0.5) is 13.2 Å². The zero-order chi connectivity index (χ0) is 26.1. The van der Waals surface area contributed by atoms with E-state index in [0.717, 1.165) is 25.5 Å². The van der Waals surface area contributed by atoms with Crippen molar-refractivity contribution in [3.05, 3.63) is 54.1 Å². The smallest absolute Gasteiger partial charge is 0.341 e. The highest BCUT2D eigenvalue weighted by Gasteiger charge is 2.40. The van der Waals surface area contributed by atoms with Gasteiger partial charge < -0.3 is 10.2 Å². The summed E-state index contributed by atoms with van der Waals surface area (Å²) in [5.74, 6) is -0.0524. The Bertz CT molecular complexity index is 1320. The normalized spacial score (nSPS) is 20.0. The fourth-order valence-electron chi connectivity index (χ4n) is 4.48. The van der Waals surface area contributed by atoms with Crippen LogP contribution in [0.2, 0.25) is 0 Å². The van der Waals surface area contributed by atoms with Gasteiger partial charge in [0.2, 0.25) is 25.8 Å². The topological polar surface area (TPSA) is 113 Å². The lowest BCUT2D eigenvalue weighted by Gasteiger charge is -2.33. The van der Waals surface area contributed by atoms with Gasteiger partial charge in [-0.2, -0.15) is 13.2 Å². The number of halogens is 3. The number of hydrogen-bond acceptors (Lipinski definition) is 6. The monoisotopic (exact) mass is 545 g/mol. The maximum atomic E-state index is 13.9. The fraction of sp³-hybridized carbons (Fsp3) is 0.435. The molecule has 0 spiro atoms. The third kappa shape index (κ3) is 5.58. The van der Waals surface area contributed by atoms with Gasteiger partial charge in [-0.15, -0.1) is 0 Å². The second-order valence-corrected chi connectivity index (χ2v) is 12.5. The van der Waals surface area contributed by atoms with E-state index in [0.29, 0.717) is 12.1 Å². The van der Waals surface area contributed by atoms with E-state index in [1.807, 2.05) is 0 Å². The van der Waals surface area contributed by atoms with Gasteiger partial charge in [-0.3, -0.25) is 4.79 Å². The highest BCUT2D eigenvalue weighted by Crippen LogP contribution is 2.37. The average Bonchev–Trinajstić information content (AvgIpc) is 3.38. The highest BCUT2D eigenvalue weighted by atomic mass is 32.2. The van der Waals surface area contributed by atoms with Gasteiger partial charge in [0.25, 0.3) is 0 Å². The number of amides is 1. The molecule has 0 saturated carbocycles. The third-order valence-electron chi connectivity index (χ3n) is 6.40. The molecular weight excluding hydrogens is 519 g/mol. The Hall–Kier alpha value is -2.48. The van der Waals surface area contributed by atoms with Gasteiger partial charge in [-0.1, -0.05) is 18.2 Å². The number of alkyl halides is 3. The summed E-state index contributed by atoms with van der Waals surface area (Å²) in [6.45, 7) is 1.33. The molecule has 2 N–H and O–H groups in total. The SMILES string of the molecule is O=C([C@@H]1CCCN1)N1CCC(NS(=O)(=O)c2ccc(S(=O)(=O)c3ccccc3)cc2C(F)(F)F)CC1. The molecular formula is C23H26F3N3O5S2. The predicted molar refractivity (Wildman–Crippen MR) is 124 cm³/mol. The number of sulfone groups is 1. The Labute approximate surface area is 207 Å². The molecule has 0 unspecified atom stereocenters. The van der Waals surface area contributed by atoms with Crippen LogP contribution in [-0.4, -0.2) is 59.4 Å². The molecule has 1 amide bonds. The molecule has 2 fully saturated rings. The first kappa shape index (κ1) is 26.6. The van der Waals surface area contributed by atoms with Gasteiger partial charge >= 0.3 is 6.18 Å². The minimum Gasteiger partial charge on any atom is -0.341 e. The van der Waals surface area contributed by atoms with Crippen LogP contribution in [0.1, 0.15) is 31.2 Å². The number of piperidine rings is 1. The van der Waals surface area contributed by atoms with Crippen molar-refractivity contribution in [2.45, 2.75) is 58.6 Å². The van der Waals surface area contributed by atoms with Crippen LogP contribution in [0.15, 0.2) is 63.2 Å². The summed E-state index contributed by atoms with van der Waals surface area (Å²) in [6, 6.07) is 7.90. The summed E-state index contributed by atoms with van der Waals surface area (Å²) < 4.78 is 95.5. The summed E-state index contributed by atoms with van der Waals surface area (Å²) >= 11 is 0. The molecule has 2 aromatic rings. The van der Waals surface area contributed by atoms with E-state index in [1.165, 1.54) is 24.3 Å². The Balaban J connectivity index is 1.54. The molecule has 196 valence electrons. The first-order valence-corrected chi connectivity index (χ1v) is 14.4. The molecule has 36 heavy (non-hydrogen) atoms. The largest absolute Gasteiger partial charge is 0.417 e. The highest BCUT2D eigenvalue weighted by molar-refractivity contribution is 7.91. The number of sulfonamides is 1. The Morgan fingerprint density at radius 1 is 0.944 bits per heavy atom. The second kappa shape index (κ2) is 10.1. The molecule has 2 heterocycles. The zero-order valence-electron chi connectivity index (χ0n) is 19.2.